The largest absolute Gasteiger partial charge is 0.350 e. The first-order chi connectivity index (χ1) is 7.38. The van der Waals surface area contributed by atoms with Gasteiger partial charge in [-0.3, -0.25) is 0 Å². The summed E-state index contributed by atoms with van der Waals surface area (Å²) in [5.74, 6) is 0. The lowest BCUT2D eigenvalue weighted by molar-refractivity contribution is -0.0522. The lowest BCUT2D eigenvalue weighted by Gasteiger charge is -2.18. The molecule has 1 aliphatic rings. The number of aromatic nitrogens is 1. The van der Waals surface area contributed by atoms with Gasteiger partial charge in [0.25, 0.3) is 0 Å². The van der Waals surface area contributed by atoms with Gasteiger partial charge in [0.15, 0.2) is 6.29 Å². The van der Waals surface area contributed by atoms with Gasteiger partial charge in [-0.2, -0.15) is 0 Å². The molecule has 1 N–H and O–H groups in total. The Hall–Kier alpha value is -0.490. The van der Waals surface area contributed by atoms with Crippen LogP contribution in [0.25, 0.3) is 0 Å². The molecule has 0 aliphatic carbocycles. The Morgan fingerprint density at radius 2 is 2.40 bits per heavy atom. The Kier molecular flexibility index (Phi) is 4.08. The molecule has 0 saturated carbocycles. The molecule has 4 nitrogen and oxygen atoms in total. The number of ether oxygens (including phenoxy) is 2. The van der Waals surface area contributed by atoms with Crippen molar-refractivity contribution in [2.75, 3.05) is 20.3 Å². The highest BCUT2D eigenvalue weighted by Gasteiger charge is 2.21. The fourth-order valence-corrected chi connectivity index (χ4v) is 2.34. The molecule has 5 heteroatoms. The zero-order valence-corrected chi connectivity index (χ0v) is 9.63. The summed E-state index contributed by atoms with van der Waals surface area (Å²) in [5, 5.41) is 6.44. The van der Waals surface area contributed by atoms with Crippen LogP contribution in [-0.2, 0) is 15.9 Å². The van der Waals surface area contributed by atoms with Crippen molar-refractivity contribution in [2.45, 2.75) is 25.2 Å². The first kappa shape index (κ1) is 11.0. The van der Waals surface area contributed by atoms with E-state index in [1.807, 2.05) is 18.6 Å². The van der Waals surface area contributed by atoms with E-state index in [-0.39, 0.29) is 6.29 Å². The van der Waals surface area contributed by atoms with Crippen molar-refractivity contribution in [1.82, 2.24) is 10.3 Å². The minimum absolute atomic E-state index is 0.0394. The Bertz CT molecular complexity index is 273. The molecule has 1 aromatic heterocycles. The summed E-state index contributed by atoms with van der Waals surface area (Å²) in [6, 6.07) is 0.374. The highest BCUT2D eigenvalue weighted by atomic mass is 32.1. The molecular weight excluding hydrogens is 212 g/mol. The summed E-state index contributed by atoms with van der Waals surface area (Å²) >= 11 is 1.69. The van der Waals surface area contributed by atoms with Crippen molar-refractivity contribution in [3.8, 4) is 0 Å². The Labute approximate surface area is 93.6 Å². The third kappa shape index (κ3) is 3.24. The smallest absolute Gasteiger partial charge is 0.159 e. The first-order valence-corrected chi connectivity index (χ1v) is 6.05. The zero-order valence-electron chi connectivity index (χ0n) is 8.81. The number of hydrogen-bond acceptors (Lipinski definition) is 5. The number of nitrogens with zero attached hydrogens (tertiary/aromatic N) is 1. The van der Waals surface area contributed by atoms with Crippen molar-refractivity contribution in [3.05, 3.63) is 16.6 Å². The quantitative estimate of drug-likeness (QED) is 0.817. The fourth-order valence-electron chi connectivity index (χ4n) is 1.64. The molecule has 1 saturated heterocycles. The standard InChI is InChI=1S/C10H16N2O2S/c1-11-8(6-9-12-2-5-15-9)7-10-13-3-4-14-10/h2,5,8,10-11H,3-4,6-7H2,1H3. The van der Waals surface area contributed by atoms with Gasteiger partial charge in [-0.25, -0.2) is 4.98 Å². The molecule has 1 aliphatic heterocycles. The molecule has 2 heterocycles. The zero-order chi connectivity index (χ0) is 10.5. The minimum atomic E-state index is -0.0394. The van der Waals surface area contributed by atoms with Gasteiger partial charge in [0.05, 0.1) is 18.2 Å². The molecule has 1 aromatic rings. The van der Waals surface area contributed by atoms with Gasteiger partial charge in [0, 0.05) is 30.5 Å². The molecule has 1 fully saturated rings. The maximum absolute atomic E-state index is 5.43. The highest BCUT2D eigenvalue weighted by Crippen LogP contribution is 2.14. The number of likely N-dealkylation sites (N-methyl/N-ethyl adjacent to an activating group) is 1. The molecule has 0 amide bonds. The average molecular weight is 228 g/mol. The summed E-state index contributed by atoms with van der Waals surface area (Å²) in [4.78, 5) is 4.28. The van der Waals surface area contributed by atoms with Crippen LogP contribution in [0.4, 0.5) is 0 Å². The van der Waals surface area contributed by atoms with Crippen LogP contribution in [0.15, 0.2) is 11.6 Å². The second-order valence-corrected chi connectivity index (χ2v) is 4.50. The van der Waals surface area contributed by atoms with Crippen LogP contribution in [0.5, 0.6) is 0 Å². The van der Waals surface area contributed by atoms with Crippen molar-refractivity contribution in [3.63, 3.8) is 0 Å². The normalized spacial score (nSPS) is 19.5. The number of rotatable bonds is 5. The van der Waals surface area contributed by atoms with E-state index >= 15 is 0 Å². The van der Waals surface area contributed by atoms with Gasteiger partial charge in [-0.05, 0) is 7.05 Å². The van der Waals surface area contributed by atoms with E-state index in [0.717, 1.165) is 31.1 Å². The molecule has 0 aromatic carbocycles. The van der Waals surface area contributed by atoms with Crippen LogP contribution >= 0.6 is 11.3 Å². The fraction of sp³-hybridized carbons (Fsp3) is 0.700. The maximum Gasteiger partial charge on any atom is 0.159 e. The van der Waals surface area contributed by atoms with E-state index in [9.17, 15) is 0 Å². The maximum atomic E-state index is 5.43. The predicted octanol–water partition coefficient (Wildman–Crippen LogP) is 1.04. The topological polar surface area (TPSA) is 43.4 Å². The van der Waals surface area contributed by atoms with Crippen molar-refractivity contribution in [2.24, 2.45) is 0 Å². The van der Waals surface area contributed by atoms with Crippen molar-refractivity contribution in [1.29, 1.82) is 0 Å². The van der Waals surface area contributed by atoms with Crippen LogP contribution in [0.1, 0.15) is 11.4 Å². The van der Waals surface area contributed by atoms with E-state index in [1.165, 1.54) is 0 Å². The molecule has 0 bridgehead atoms. The third-order valence-corrected chi connectivity index (χ3v) is 3.28. The molecule has 84 valence electrons. The molecule has 1 atom stereocenters. The van der Waals surface area contributed by atoms with Crippen LogP contribution < -0.4 is 5.32 Å². The summed E-state index contributed by atoms with van der Waals surface area (Å²) in [6.45, 7) is 1.44. The highest BCUT2D eigenvalue weighted by molar-refractivity contribution is 7.09. The molecular formula is C10H16N2O2S. The molecule has 0 spiro atoms. The van der Waals surface area contributed by atoms with Gasteiger partial charge in [-0.1, -0.05) is 0 Å². The minimum Gasteiger partial charge on any atom is -0.350 e. The van der Waals surface area contributed by atoms with Crippen LogP contribution in [0.3, 0.4) is 0 Å². The lowest BCUT2D eigenvalue weighted by atomic mass is 10.1. The Balaban J connectivity index is 1.81. The molecule has 15 heavy (non-hydrogen) atoms. The van der Waals surface area contributed by atoms with Gasteiger partial charge < -0.3 is 14.8 Å². The molecule has 2 rings (SSSR count). The van der Waals surface area contributed by atoms with Crippen LogP contribution in [0, 0.1) is 0 Å². The second-order valence-electron chi connectivity index (χ2n) is 3.52. The van der Waals surface area contributed by atoms with E-state index in [1.54, 1.807) is 11.3 Å². The van der Waals surface area contributed by atoms with E-state index < -0.39 is 0 Å². The van der Waals surface area contributed by atoms with Crippen LogP contribution in [-0.4, -0.2) is 37.6 Å². The van der Waals surface area contributed by atoms with E-state index in [0.29, 0.717) is 6.04 Å². The monoisotopic (exact) mass is 228 g/mol. The second kappa shape index (κ2) is 5.55. The molecule has 0 radical (unpaired) electrons. The van der Waals surface area contributed by atoms with Gasteiger partial charge >= 0.3 is 0 Å². The average Bonchev–Trinajstić information content (AvgIpc) is 2.89. The number of hydrogen-bond donors (Lipinski definition) is 1. The van der Waals surface area contributed by atoms with E-state index in [4.69, 9.17) is 9.47 Å². The first-order valence-electron chi connectivity index (χ1n) is 5.17. The summed E-state index contributed by atoms with van der Waals surface area (Å²) < 4.78 is 10.9. The SMILES string of the molecule is CNC(Cc1nccs1)CC1OCCO1. The van der Waals surface area contributed by atoms with Crippen molar-refractivity contribution >= 4 is 11.3 Å². The summed E-state index contributed by atoms with van der Waals surface area (Å²) in [5.41, 5.74) is 0. The van der Waals surface area contributed by atoms with Crippen LogP contribution in [0.2, 0.25) is 0 Å². The number of thiazole rings is 1. The Morgan fingerprint density at radius 1 is 1.60 bits per heavy atom. The number of nitrogens with one attached hydrogen (secondary N) is 1. The molecule has 1 unspecified atom stereocenters. The summed E-state index contributed by atoms with van der Waals surface area (Å²) in [6.07, 6.45) is 3.63. The van der Waals surface area contributed by atoms with Gasteiger partial charge in [-0.15, -0.1) is 11.3 Å². The third-order valence-electron chi connectivity index (χ3n) is 2.48. The summed E-state index contributed by atoms with van der Waals surface area (Å²) in [7, 11) is 1.97. The Morgan fingerprint density at radius 3 is 3.00 bits per heavy atom. The predicted molar refractivity (Wildman–Crippen MR) is 59.0 cm³/mol. The van der Waals surface area contributed by atoms with E-state index in [2.05, 4.69) is 10.3 Å². The van der Waals surface area contributed by atoms with Gasteiger partial charge in [0.1, 0.15) is 0 Å². The van der Waals surface area contributed by atoms with Gasteiger partial charge in [0.2, 0.25) is 0 Å². The lowest BCUT2D eigenvalue weighted by Crippen LogP contribution is -2.32. The van der Waals surface area contributed by atoms with Crippen molar-refractivity contribution < 1.29 is 9.47 Å².